The van der Waals surface area contributed by atoms with Crippen LogP contribution in [0.5, 0.6) is 0 Å². The molecule has 0 radical (unpaired) electrons. The van der Waals surface area contributed by atoms with E-state index in [4.69, 9.17) is 11.6 Å². The van der Waals surface area contributed by atoms with Crippen molar-refractivity contribution in [3.05, 3.63) is 83.3 Å². The minimum atomic E-state index is -3.91. The monoisotopic (exact) mass is 497 g/mol. The van der Waals surface area contributed by atoms with Gasteiger partial charge in [-0.1, -0.05) is 37.6 Å². The van der Waals surface area contributed by atoms with E-state index < -0.39 is 21.8 Å². The van der Waals surface area contributed by atoms with Crippen molar-refractivity contribution in [2.45, 2.75) is 24.7 Å². The zero-order chi connectivity index (χ0) is 24.5. The van der Waals surface area contributed by atoms with Gasteiger partial charge in [-0.15, -0.1) is 0 Å². The van der Waals surface area contributed by atoms with Gasteiger partial charge < -0.3 is 5.32 Å². The molecule has 34 heavy (non-hydrogen) atoms. The third-order valence-corrected chi connectivity index (χ3v) is 6.77. The number of hydrogen-bond acceptors (Lipinski definition) is 7. The highest BCUT2D eigenvalue weighted by Crippen LogP contribution is 2.31. The number of anilines is 3. The fourth-order valence-electron chi connectivity index (χ4n) is 3.25. The second-order valence-electron chi connectivity index (χ2n) is 7.71. The number of amides is 2. The molecule has 0 atom stereocenters. The molecule has 1 aliphatic rings. The number of nitrogens with zero attached hydrogens (tertiary/aromatic N) is 3. The summed E-state index contributed by atoms with van der Waals surface area (Å²) in [6.45, 7) is 4.09. The topological polar surface area (TPSA) is 121 Å². The molecule has 1 aromatic heterocycles. The molecule has 2 N–H and O–H groups in total. The molecule has 2 amide bonds. The Morgan fingerprint density at radius 1 is 0.912 bits per heavy atom. The number of benzene rings is 2. The number of nitrogens with one attached hydrogen (secondary N) is 2. The Morgan fingerprint density at radius 3 is 2.12 bits per heavy atom. The van der Waals surface area contributed by atoms with Gasteiger partial charge in [0.2, 0.25) is 5.95 Å². The van der Waals surface area contributed by atoms with Crippen LogP contribution in [0.2, 0.25) is 0 Å². The largest absolute Gasteiger partial charge is 0.350 e. The molecule has 174 valence electrons. The van der Waals surface area contributed by atoms with Gasteiger partial charge in [-0.2, -0.15) is 0 Å². The molecule has 1 aliphatic heterocycles. The molecule has 0 bridgehead atoms. The highest BCUT2D eigenvalue weighted by molar-refractivity contribution is 7.92. The molecule has 2 heterocycles. The summed E-state index contributed by atoms with van der Waals surface area (Å²) in [5.41, 5.74) is 1.76. The Bertz CT molecular complexity index is 1370. The Kier molecular flexibility index (Phi) is 6.36. The average Bonchev–Trinajstić information content (AvgIpc) is 3.03. The van der Waals surface area contributed by atoms with Crippen LogP contribution in [0.3, 0.4) is 0 Å². The maximum atomic E-state index is 13.0. The lowest BCUT2D eigenvalue weighted by molar-refractivity contribution is -0.120. The molecule has 0 saturated heterocycles. The van der Waals surface area contributed by atoms with E-state index in [0.717, 1.165) is 10.5 Å². The molecule has 9 nitrogen and oxygen atoms in total. The smallest absolute Gasteiger partial charge is 0.283 e. The van der Waals surface area contributed by atoms with Crippen LogP contribution < -0.4 is 14.9 Å². The van der Waals surface area contributed by atoms with Gasteiger partial charge in [-0.25, -0.2) is 28.0 Å². The standard InChI is InChI=1S/C23H20ClN5O4S/c1-14(2)15-4-8-17(9-5-15)29-21(30)19(24)20(22(29)31)27-16-6-10-18(11-7-16)34(32,33)28-23-25-12-3-13-26-23/h3-14,27H,1-2H3,(H,25,26,28). The van der Waals surface area contributed by atoms with Crippen molar-refractivity contribution in [2.24, 2.45) is 0 Å². The van der Waals surface area contributed by atoms with Crippen LogP contribution in [0.1, 0.15) is 25.3 Å². The van der Waals surface area contributed by atoms with E-state index in [1.54, 1.807) is 18.2 Å². The van der Waals surface area contributed by atoms with E-state index in [0.29, 0.717) is 17.3 Å². The number of imide groups is 1. The van der Waals surface area contributed by atoms with Gasteiger partial charge >= 0.3 is 0 Å². The Morgan fingerprint density at radius 2 is 1.53 bits per heavy atom. The van der Waals surface area contributed by atoms with Gasteiger partial charge in [0.25, 0.3) is 21.8 Å². The number of rotatable bonds is 7. The van der Waals surface area contributed by atoms with Crippen LogP contribution >= 0.6 is 11.6 Å². The Hall–Kier alpha value is -3.76. The van der Waals surface area contributed by atoms with E-state index in [9.17, 15) is 18.0 Å². The normalized spacial score (nSPS) is 14.2. The lowest BCUT2D eigenvalue weighted by atomic mass is 10.0. The first-order chi connectivity index (χ1) is 16.2. The predicted molar refractivity (Wildman–Crippen MR) is 129 cm³/mol. The molecule has 3 aromatic rings. The van der Waals surface area contributed by atoms with Crippen molar-refractivity contribution in [3.63, 3.8) is 0 Å². The van der Waals surface area contributed by atoms with E-state index in [-0.39, 0.29) is 21.6 Å². The van der Waals surface area contributed by atoms with Crippen LogP contribution in [0, 0.1) is 0 Å². The number of carbonyl (C=O) groups is 2. The average molecular weight is 498 g/mol. The molecule has 0 unspecified atom stereocenters. The second-order valence-corrected chi connectivity index (χ2v) is 9.77. The number of halogens is 1. The third kappa shape index (κ3) is 4.63. The van der Waals surface area contributed by atoms with Gasteiger partial charge in [-0.3, -0.25) is 9.59 Å². The van der Waals surface area contributed by atoms with Crippen molar-refractivity contribution in [2.75, 3.05) is 14.9 Å². The van der Waals surface area contributed by atoms with Crippen LogP contribution in [0.15, 0.2) is 82.6 Å². The molecular formula is C23H20ClN5O4S. The molecular weight excluding hydrogens is 478 g/mol. The van der Waals surface area contributed by atoms with E-state index in [1.165, 1.54) is 36.7 Å². The minimum absolute atomic E-state index is 0.0359. The van der Waals surface area contributed by atoms with Crippen molar-refractivity contribution < 1.29 is 18.0 Å². The quantitative estimate of drug-likeness (QED) is 0.475. The lowest BCUT2D eigenvalue weighted by Gasteiger charge is -2.16. The maximum absolute atomic E-state index is 13.0. The zero-order valence-corrected chi connectivity index (χ0v) is 19.8. The first kappa shape index (κ1) is 23.4. The SMILES string of the molecule is CC(C)c1ccc(N2C(=O)C(Cl)=C(Nc3ccc(S(=O)(=O)Nc4ncccn4)cc3)C2=O)cc1. The Balaban J connectivity index is 1.51. The third-order valence-electron chi connectivity index (χ3n) is 5.07. The lowest BCUT2D eigenvalue weighted by Crippen LogP contribution is -2.32. The van der Waals surface area contributed by atoms with Gasteiger partial charge in [0, 0.05) is 18.1 Å². The van der Waals surface area contributed by atoms with Gasteiger partial charge in [0.1, 0.15) is 10.7 Å². The summed E-state index contributed by atoms with van der Waals surface area (Å²) in [4.78, 5) is 34.3. The molecule has 0 fully saturated rings. The number of aromatic nitrogens is 2. The molecule has 0 spiro atoms. The predicted octanol–water partition coefficient (Wildman–Crippen LogP) is 3.84. The van der Waals surface area contributed by atoms with E-state index >= 15 is 0 Å². The summed E-state index contributed by atoms with van der Waals surface area (Å²) in [6.07, 6.45) is 2.83. The van der Waals surface area contributed by atoms with Crippen molar-refractivity contribution in [3.8, 4) is 0 Å². The molecule has 0 aliphatic carbocycles. The van der Waals surface area contributed by atoms with Crippen LogP contribution in [-0.2, 0) is 19.6 Å². The van der Waals surface area contributed by atoms with Crippen LogP contribution in [0.4, 0.5) is 17.3 Å². The summed E-state index contributed by atoms with van der Waals surface area (Å²) < 4.78 is 27.3. The number of carbonyl (C=O) groups excluding carboxylic acids is 2. The van der Waals surface area contributed by atoms with Crippen molar-refractivity contribution in [1.29, 1.82) is 0 Å². The minimum Gasteiger partial charge on any atom is -0.350 e. The molecule has 0 saturated carbocycles. The Labute approximate surface area is 201 Å². The molecule has 2 aromatic carbocycles. The molecule has 11 heteroatoms. The molecule has 4 rings (SSSR count). The fourth-order valence-corrected chi connectivity index (χ4v) is 4.42. The number of sulfonamides is 1. The first-order valence-corrected chi connectivity index (χ1v) is 12.1. The zero-order valence-electron chi connectivity index (χ0n) is 18.2. The maximum Gasteiger partial charge on any atom is 0.283 e. The highest BCUT2D eigenvalue weighted by Gasteiger charge is 2.39. The van der Waals surface area contributed by atoms with Gasteiger partial charge in [0.05, 0.1) is 10.6 Å². The van der Waals surface area contributed by atoms with Crippen LogP contribution in [-0.4, -0.2) is 30.2 Å². The summed E-state index contributed by atoms with van der Waals surface area (Å²) in [7, 11) is -3.91. The summed E-state index contributed by atoms with van der Waals surface area (Å²) in [5, 5.41) is 2.57. The first-order valence-electron chi connectivity index (χ1n) is 10.2. The number of hydrogen-bond donors (Lipinski definition) is 2. The summed E-state index contributed by atoms with van der Waals surface area (Å²) in [6, 6.07) is 14.3. The summed E-state index contributed by atoms with van der Waals surface area (Å²) >= 11 is 6.18. The van der Waals surface area contributed by atoms with E-state index in [1.807, 2.05) is 26.0 Å². The highest BCUT2D eigenvalue weighted by atomic mass is 35.5. The van der Waals surface area contributed by atoms with Crippen molar-refractivity contribution >= 4 is 50.8 Å². The van der Waals surface area contributed by atoms with E-state index in [2.05, 4.69) is 20.0 Å². The van der Waals surface area contributed by atoms with Gasteiger partial charge in [0.15, 0.2) is 0 Å². The fraction of sp³-hybridized carbons (Fsp3) is 0.130. The second kappa shape index (κ2) is 9.24. The van der Waals surface area contributed by atoms with Crippen molar-refractivity contribution in [1.82, 2.24) is 9.97 Å². The van der Waals surface area contributed by atoms with Crippen LogP contribution in [0.25, 0.3) is 0 Å². The van der Waals surface area contributed by atoms with Gasteiger partial charge in [-0.05, 0) is 53.9 Å². The summed E-state index contributed by atoms with van der Waals surface area (Å²) in [5.74, 6) is -0.997.